The second-order valence-corrected chi connectivity index (χ2v) is 9.83. The molecule has 1 amide bonds. The van der Waals surface area contributed by atoms with Crippen LogP contribution >= 0.6 is 0 Å². The van der Waals surface area contributed by atoms with Gasteiger partial charge < -0.3 is 19.1 Å². The summed E-state index contributed by atoms with van der Waals surface area (Å²) < 4.78 is 44.3. The van der Waals surface area contributed by atoms with Gasteiger partial charge in [0.2, 0.25) is 10.0 Å². The van der Waals surface area contributed by atoms with E-state index in [9.17, 15) is 13.2 Å². The van der Waals surface area contributed by atoms with E-state index in [1.165, 1.54) is 4.31 Å². The fourth-order valence-electron chi connectivity index (χ4n) is 4.00. The van der Waals surface area contributed by atoms with Crippen LogP contribution in [-0.2, 0) is 14.8 Å². The Morgan fingerprint density at radius 3 is 2.36 bits per heavy atom. The normalized spacial score (nSPS) is 16.5. The largest absolute Gasteiger partial charge is 0.486 e. The Kier molecular flexibility index (Phi) is 5.82. The lowest BCUT2D eigenvalue weighted by Crippen LogP contribution is -2.51. The molecule has 1 fully saturated rings. The number of carbonyl (C=O) groups excluding carboxylic acids is 1. The highest BCUT2D eigenvalue weighted by atomic mass is 32.2. The molecule has 0 saturated carbocycles. The lowest BCUT2D eigenvalue weighted by atomic mass is 10.1. The Bertz CT molecular complexity index is 1290. The zero-order chi connectivity index (χ0) is 22.8. The van der Waals surface area contributed by atoms with E-state index in [0.29, 0.717) is 43.6 Å². The van der Waals surface area contributed by atoms with Crippen LogP contribution in [0.15, 0.2) is 65.6 Å². The molecule has 0 unspecified atom stereocenters. The van der Waals surface area contributed by atoms with Crippen molar-refractivity contribution in [3.8, 4) is 17.2 Å². The molecule has 0 aromatic heterocycles. The molecule has 0 aliphatic carbocycles. The summed E-state index contributed by atoms with van der Waals surface area (Å²) in [4.78, 5) is 14.5. The van der Waals surface area contributed by atoms with Gasteiger partial charge in [-0.3, -0.25) is 4.79 Å². The van der Waals surface area contributed by atoms with E-state index in [2.05, 4.69) is 0 Å². The molecule has 9 heteroatoms. The number of piperazine rings is 1. The van der Waals surface area contributed by atoms with E-state index in [-0.39, 0.29) is 30.5 Å². The zero-order valence-electron chi connectivity index (χ0n) is 18.0. The predicted octanol–water partition coefficient (Wildman–Crippen LogP) is 2.52. The standard InChI is InChI=1S/C24H24N2O6S/c27-24(17-32-20-6-8-22-23(16-20)31-14-13-30-22)25-9-11-26(12-10-25)33(28,29)21-7-5-18-3-1-2-4-19(18)15-21/h1-8,15-16H,9-14,17H2. The van der Waals surface area contributed by atoms with Gasteiger partial charge in [0.15, 0.2) is 18.1 Å². The first-order valence-corrected chi connectivity index (χ1v) is 12.2. The fourth-order valence-corrected chi connectivity index (χ4v) is 5.46. The molecule has 8 nitrogen and oxygen atoms in total. The summed E-state index contributed by atoms with van der Waals surface area (Å²) >= 11 is 0. The molecule has 2 aliphatic heterocycles. The van der Waals surface area contributed by atoms with Crippen molar-refractivity contribution in [1.29, 1.82) is 0 Å². The Labute approximate surface area is 192 Å². The number of fused-ring (bicyclic) bond motifs is 2. The summed E-state index contributed by atoms with van der Waals surface area (Å²) in [5, 5.41) is 1.87. The van der Waals surface area contributed by atoms with Crippen molar-refractivity contribution in [2.45, 2.75) is 4.90 Å². The SMILES string of the molecule is O=C(COc1ccc2c(c1)OCCO2)N1CCN(S(=O)(=O)c2ccc3ccccc3c2)CC1. The molecule has 1 saturated heterocycles. The number of hydrogen-bond donors (Lipinski definition) is 0. The maximum absolute atomic E-state index is 13.1. The van der Waals surface area contributed by atoms with Crippen LogP contribution in [0.5, 0.6) is 17.2 Å². The van der Waals surface area contributed by atoms with Crippen molar-refractivity contribution < 1.29 is 27.4 Å². The van der Waals surface area contributed by atoms with Crippen molar-refractivity contribution in [2.75, 3.05) is 46.0 Å². The van der Waals surface area contributed by atoms with Gasteiger partial charge in [-0.1, -0.05) is 30.3 Å². The number of nitrogens with zero attached hydrogens (tertiary/aromatic N) is 2. The number of sulfonamides is 1. The number of benzene rings is 3. The van der Waals surface area contributed by atoms with Gasteiger partial charge in [0.1, 0.15) is 19.0 Å². The molecule has 3 aromatic carbocycles. The van der Waals surface area contributed by atoms with Crippen LogP contribution in [0.4, 0.5) is 0 Å². The van der Waals surface area contributed by atoms with E-state index in [1.807, 2.05) is 30.3 Å². The van der Waals surface area contributed by atoms with Crippen LogP contribution in [0.3, 0.4) is 0 Å². The lowest BCUT2D eigenvalue weighted by Gasteiger charge is -2.34. The molecule has 172 valence electrons. The highest BCUT2D eigenvalue weighted by Crippen LogP contribution is 2.33. The average molecular weight is 469 g/mol. The molecule has 3 aromatic rings. The third-order valence-electron chi connectivity index (χ3n) is 5.83. The van der Waals surface area contributed by atoms with Gasteiger partial charge in [0, 0.05) is 32.2 Å². The summed E-state index contributed by atoms with van der Waals surface area (Å²) in [7, 11) is -3.63. The summed E-state index contributed by atoms with van der Waals surface area (Å²) in [5.41, 5.74) is 0. The maximum atomic E-state index is 13.1. The van der Waals surface area contributed by atoms with E-state index in [0.717, 1.165) is 10.8 Å². The minimum atomic E-state index is -3.63. The number of hydrogen-bond acceptors (Lipinski definition) is 6. The van der Waals surface area contributed by atoms with Crippen molar-refractivity contribution in [2.24, 2.45) is 0 Å². The molecule has 5 rings (SSSR count). The van der Waals surface area contributed by atoms with E-state index < -0.39 is 10.0 Å². The Hall–Kier alpha value is -3.30. The lowest BCUT2D eigenvalue weighted by molar-refractivity contribution is -0.134. The average Bonchev–Trinajstić information content (AvgIpc) is 2.87. The molecular formula is C24H24N2O6S. The summed E-state index contributed by atoms with van der Waals surface area (Å²) in [6.07, 6.45) is 0. The Morgan fingerprint density at radius 1 is 0.848 bits per heavy atom. The van der Waals surface area contributed by atoms with Gasteiger partial charge in [-0.25, -0.2) is 8.42 Å². The van der Waals surface area contributed by atoms with Crippen molar-refractivity contribution in [3.63, 3.8) is 0 Å². The monoisotopic (exact) mass is 468 g/mol. The molecule has 2 aliphatic rings. The van der Waals surface area contributed by atoms with Gasteiger partial charge in [-0.2, -0.15) is 4.31 Å². The second kappa shape index (κ2) is 8.92. The highest BCUT2D eigenvalue weighted by molar-refractivity contribution is 7.89. The molecule has 33 heavy (non-hydrogen) atoms. The third-order valence-corrected chi connectivity index (χ3v) is 7.72. The van der Waals surface area contributed by atoms with Gasteiger partial charge in [-0.05, 0) is 35.0 Å². The van der Waals surface area contributed by atoms with E-state index in [4.69, 9.17) is 14.2 Å². The van der Waals surface area contributed by atoms with Crippen LogP contribution < -0.4 is 14.2 Å². The molecule has 0 spiro atoms. The highest BCUT2D eigenvalue weighted by Gasteiger charge is 2.30. The van der Waals surface area contributed by atoms with Crippen LogP contribution in [-0.4, -0.2) is 69.5 Å². The fraction of sp³-hybridized carbons (Fsp3) is 0.292. The molecule has 0 N–H and O–H groups in total. The van der Waals surface area contributed by atoms with Crippen LogP contribution in [0.1, 0.15) is 0 Å². The summed E-state index contributed by atoms with van der Waals surface area (Å²) in [5.74, 6) is 1.58. The first kappa shape index (κ1) is 21.5. The first-order valence-electron chi connectivity index (χ1n) is 10.8. The minimum Gasteiger partial charge on any atom is -0.486 e. The molecular weight excluding hydrogens is 444 g/mol. The predicted molar refractivity (Wildman–Crippen MR) is 122 cm³/mol. The van der Waals surface area contributed by atoms with Crippen molar-refractivity contribution >= 4 is 26.7 Å². The minimum absolute atomic E-state index is 0.128. The number of amides is 1. The van der Waals surface area contributed by atoms with Gasteiger partial charge in [0.05, 0.1) is 4.90 Å². The number of ether oxygens (including phenoxy) is 3. The summed E-state index contributed by atoms with van der Waals surface area (Å²) in [6.45, 7) is 1.97. The Morgan fingerprint density at radius 2 is 1.58 bits per heavy atom. The zero-order valence-corrected chi connectivity index (χ0v) is 18.8. The first-order chi connectivity index (χ1) is 16.0. The third kappa shape index (κ3) is 4.46. The quantitative estimate of drug-likeness (QED) is 0.572. The second-order valence-electron chi connectivity index (χ2n) is 7.89. The molecule has 0 atom stereocenters. The molecule has 0 bridgehead atoms. The van der Waals surface area contributed by atoms with E-state index in [1.54, 1.807) is 35.2 Å². The van der Waals surface area contributed by atoms with Gasteiger partial charge >= 0.3 is 0 Å². The maximum Gasteiger partial charge on any atom is 0.260 e. The Balaban J connectivity index is 1.18. The van der Waals surface area contributed by atoms with Crippen LogP contribution in [0.25, 0.3) is 10.8 Å². The van der Waals surface area contributed by atoms with Crippen LogP contribution in [0, 0.1) is 0 Å². The molecule has 0 radical (unpaired) electrons. The number of carbonyl (C=O) groups is 1. The van der Waals surface area contributed by atoms with Crippen LogP contribution in [0.2, 0.25) is 0 Å². The number of rotatable bonds is 5. The van der Waals surface area contributed by atoms with Crippen molar-refractivity contribution in [3.05, 3.63) is 60.7 Å². The van der Waals surface area contributed by atoms with Crippen molar-refractivity contribution in [1.82, 2.24) is 9.21 Å². The van der Waals surface area contributed by atoms with E-state index >= 15 is 0 Å². The molecule has 2 heterocycles. The summed E-state index contributed by atoms with van der Waals surface area (Å²) in [6, 6.07) is 18.0. The topological polar surface area (TPSA) is 85.4 Å². The van der Waals surface area contributed by atoms with Gasteiger partial charge in [-0.15, -0.1) is 0 Å². The van der Waals surface area contributed by atoms with Gasteiger partial charge in [0.25, 0.3) is 5.91 Å². The smallest absolute Gasteiger partial charge is 0.260 e.